The van der Waals surface area contributed by atoms with Crippen LogP contribution in [0, 0.1) is 12.8 Å². The molecule has 2 rings (SSSR count). The van der Waals surface area contributed by atoms with Crippen LogP contribution in [0.2, 0.25) is 0 Å². The molecule has 0 amide bonds. The molecular formula is C18H32N4O2S2. The van der Waals surface area contributed by atoms with Gasteiger partial charge in [-0.05, 0) is 51.7 Å². The van der Waals surface area contributed by atoms with E-state index in [1.165, 1.54) is 16.2 Å². The highest BCUT2D eigenvalue weighted by Gasteiger charge is 2.20. The number of aryl methyl sites for hydroxylation is 1. The summed E-state index contributed by atoms with van der Waals surface area (Å²) in [6, 6.07) is 4.51. The molecule has 0 radical (unpaired) electrons. The zero-order valence-electron chi connectivity index (χ0n) is 16.0. The van der Waals surface area contributed by atoms with Gasteiger partial charge < -0.3 is 10.6 Å². The van der Waals surface area contributed by atoms with Crippen molar-refractivity contribution >= 4 is 27.3 Å². The number of nitrogens with zero attached hydrogens (tertiary/aromatic N) is 1. The molecule has 0 spiro atoms. The summed E-state index contributed by atoms with van der Waals surface area (Å²) in [6.07, 6.45) is 4.41. The van der Waals surface area contributed by atoms with Crippen molar-refractivity contribution in [2.75, 3.05) is 25.4 Å². The second-order valence-electron chi connectivity index (χ2n) is 6.99. The number of rotatable bonds is 10. The first-order valence-corrected chi connectivity index (χ1v) is 11.9. The molecule has 1 aliphatic carbocycles. The minimum absolute atomic E-state index is 0.0226. The maximum Gasteiger partial charge on any atom is 0.213 e. The lowest BCUT2D eigenvalue weighted by Crippen LogP contribution is -2.43. The predicted molar refractivity (Wildman–Crippen MR) is 110 cm³/mol. The molecule has 148 valence electrons. The standard InChI is InChI=1S/C18H32N4O2S2/c1-4-19-18(22-14(2)12-17-9-8-15(3)25-17)20-10-11-26(23,24)21-13-16-6-5-7-16/h8-9,14,16,21H,4-7,10-13H2,1-3H3,(H2,19,20,22). The Labute approximate surface area is 161 Å². The normalized spacial score (nSPS) is 17.0. The van der Waals surface area contributed by atoms with Crippen molar-refractivity contribution in [3.63, 3.8) is 0 Å². The molecule has 0 saturated heterocycles. The van der Waals surface area contributed by atoms with Crippen molar-refractivity contribution in [3.8, 4) is 0 Å². The highest BCUT2D eigenvalue weighted by Crippen LogP contribution is 2.25. The Bertz CT molecular complexity index is 681. The summed E-state index contributed by atoms with van der Waals surface area (Å²) in [4.78, 5) is 7.07. The van der Waals surface area contributed by atoms with E-state index in [9.17, 15) is 8.42 Å². The van der Waals surface area contributed by atoms with Gasteiger partial charge in [0.15, 0.2) is 5.96 Å². The van der Waals surface area contributed by atoms with Gasteiger partial charge in [-0.1, -0.05) is 6.42 Å². The molecule has 1 unspecified atom stereocenters. The summed E-state index contributed by atoms with van der Waals surface area (Å²) < 4.78 is 26.8. The summed E-state index contributed by atoms with van der Waals surface area (Å²) >= 11 is 1.80. The zero-order valence-corrected chi connectivity index (χ0v) is 17.7. The van der Waals surface area contributed by atoms with Gasteiger partial charge in [-0.15, -0.1) is 11.3 Å². The van der Waals surface area contributed by atoms with Crippen LogP contribution in [0.15, 0.2) is 17.1 Å². The molecule has 1 saturated carbocycles. The molecule has 1 aliphatic rings. The van der Waals surface area contributed by atoms with Crippen LogP contribution in [0.5, 0.6) is 0 Å². The fourth-order valence-electron chi connectivity index (χ4n) is 2.79. The van der Waals surface area contributed by atoms with Crippen LogP contribution in [-0.4, -0.2) is 45.8 Å². The number of hydrogen-bond acceptors (Lipinski definition) is 4. The van der Waals surface area contributed by atoms with Gasteiger partial charge >= 0.3 is 0 Å². The SMILES string of the molecule is CCNC(=NCCS(=O)(=O)NCC1CCC1)NC(C)Cc1ccc(C)s1. The van der Waals surface area contributed by atoms with Gasteiger partial charge in [0.2, 0.25) is 10.0 Å². The van der Waals surface area contributed by atoms with E-state index in [-0.39, 0.29) is 18.3 Å². The number of aliphatic imine (C=N–C) groups is 1. The number of hydrogen-bond donors (Lipinski definition) is 3. The van der Waals surface area contributed by atoms with E-state index in [1.54, 1.807) is 11.3 Å². The predicted octanol–water partition coefficient (Wildman–Crippen LogP) is 2.26. The van der Waals surface area contributed by atoms with E-state index < -0.39 is 10.0 Å². The Kier molecular flexibility index (Phi) is 8.37. The number of sulfonamides is 1. The molecule has 8 heteroatoms. The van der Waals surface area contributed by atoms with E-state index >= 15 is 0 Å². The first-order valence-electron chi connectivity index (χ1n) is 9.45. The number of thiophene rings is 1. The number of guanidine groups is 1. The average molecular weight is 401 g/mol. The van der Waals surface area contributed by atoms with Gasteiger partial charge in [0.1, 0.15) is 0 Å². The van der Waals surface area contributed by atoms with Crippen LogP contribution in [0.4, 0.5) is 0 Å². The lowest BCUT2D eigenvalue weighted by molar-refractivity contribution is 0.316. The average Bonchev–Trinajstić information content (AvgIpc) is 2.90. The van der Waals surface area contributed by atoms with Crippen molar-refractivity contribution in [1.29, 1.82) is 0 Å². The first kappa shape index (κ1) is 21.2. The fourth-order valence-corrected chi connectivity index (χ4v) is 4.78. The Morgan fingerprint density at radius 3 is 2.73 bits per heavy atom. The molecule has 0 aromatic carbocycles. The van der Waals surface area contributed by atoms with E-state index in [0.29, 0.717) is 18.4 Å². The third kappa shape index (κ3) is 7.63. The van der Waals surface area contributed by atoms with Gasteiger partial charge in [0, 0.05) is 35.3 Å². The highest BCUT2D eigenvalue weighted by atomic mass is 32.2. The molecular weight excluding hydrogens is 368 g/mol. The number of nitrogens with one attached hydrogen (secondary N) is 3. The minimum Gasteiger partial charge on any atom is -0.357 e. The van der Waals surface area contributed by atoms with Crippen molar-refractivity contribution in [3.05, 3.63) is 21.9 Å². The maximum atomic E-state index is 12.1. The van der Waals surface area contributed by atoms with Gasteiger partial charge in [-0.3, -0.25) is 4.99 Å². The molecule has 1 atom stereocenters. The quantitative estimate of drug-likeness (QED) is 0.416. The Morgan fingerprint density at radius 1 is 1.38 bits per heavy atom. The van der Waals surface area contributed by atoms with Gasteiger partial charge in [-0.2, -0.15) is 0 Å². The first-order chi connectivity index (χ1) is 12.4. The summed E-state index contributed by atoms with van der Waals surface area (Å²) in [5, 5.41) is 6.55. The monoisotopic (exact) mass is 400 g/mol. The summed E-state index contributed by atoms with van der Waals surface area (Å²) in [5.41, 5.74) is 0. The van der Waals surface area contributed by atoms with E-state index in [1.807, 2.05) is 6.92 Å². The smallest absolute Gasteiger partial charge is 0.213 e. The molecule has 1 fully saturated rings. The lowest BCUT2D eigenvalue weighted by atomic mass is 9.86. The molecule has 26 heavy (non-hydrogen) atoms. The van der Waals surface area contributed by atoms with Gasteiger partial charge in [0.25, 0.3) is 0 Å². The molecule has 3 N–H and O–H groups in total. The summed E-state index contributed by atoms with van der Waals surface area (Å²) in [7, 11) is -3.25. The Balaban J connectivity index is 1.78. The Morgan fingerprint density at radius 2 is 2.15 bits per heavy atom. The molecule has 1 heterocycles. The van der Waals surface area contributed by atoms with Gasteiger partial charge in [-0.25, -0.2) is 13.1 Å². The summed E-state index contributed by atoms with van der Waals surface area (Å²) in [5.74, 6) is 1.21. The van der Waals surface area contributed by atoms with Crippen molar-refractivity contribution in [1.82, 2.24) is 15.4 Å². The van der Waals surface area contributed by atoms with Crippen LogP contribution in [0.3, 0.4) is 0 Å². The molecule has 1 aromatic heterocycles. The van der Waals surface area contributed by atoms with E-state index in [2.05, 4.69) is 46.3 Å². The van der Waals surface area contributed by atoms with Crippen molar-refractivity contribution in [2.45, 2.75) is 52.5 Å². The largest absolute Gasteiger partial charge is 0.357 e. The molecule has 6 nitrogen and oxygen atoms in total. The van der Waals surface area contributed by atoms with Crippen LogP contribution in [0.1, 0.15) is 42.9 Å². The maximum absolute atomic E-state index is 12.1. The third-order valence-electron chi connectivity index (χ3n) is 4.48. The highest BCUT2D eigenvalue weighted by molar-refractivity contribution is 7.89. The van der Waals surface area contributed by atoms with Crippen molar-refractivity contribution in [2.24, 2.45) is 10.9 Å². The lowest BCUT2D eigenvalue weighted by Gasteiger charge is -2.25. The molecule has 1 aromatic rings. The second-order valence-corrected chi connectivity index (χ2v) is 10.3. The second kappa shape index (κ2) is 10.3. The van der Waals surface area contributed by atoms with Crippen LogP contribution >= 0.6 is 11.3 Å². The zero-order chi connectivity index (χ0) is 19.0. The van der Waals surface area contributed by atoms with Crippen LogP contribution < -0.4 is 15.4 Å². The van der Waals surface area contributed by atoms with Crippen LogP contribution in [-0.2, 0) is 16.4 Å². The van der Waals surface area contributed by atoms with Gasteiger partial charge in [0.05, 0.1) is 12.3 Å². The molecule has 0 bridgehead atoms. The topological polar surface area (TPSA) is 82.6 Å². The fraction of sp³-hybridized carbons (Fsp3) is 0.722. The third-order valence-corrected chi connectivity index (χ3v) is 6.83. The summed E-state index contributed by atoms with van der Waals surface area (Å²) in [6.45, 7) is 7.78. The van der Waals surface area contributed by atoms with E-state index in [0.717, 1.165) is 25.8 Å². The van der Waals surface area contributed by atoms with E-state index in [4.69, 9.17) is 0 Å². The minimum atomic E-state index is -3.25. The Hall–Kier alpha value is -1.12. The molecule has 0 aliphatic heterocycles. The van der Waals surface area contributed by atoms with Crippen LogP contribution in [0.25, 0.3) is 0 Å². The van der Waals surface area contributed by atoms with Crippen molar-refractivity contribution < 1.29 is 8.42 Å².